The fourth-order valence-electron chi connectivity index (χ4n) is 3.75. The molecule has 0 spiro atoms. The lowest BCUT2D eigenvalue weighted by molar-refractivity contribution is -0.124. The van der Waals surface area contributed by atoms with Gasteiger partial charge in [-0.1, -0.05) is 6.58 Å². The van der Waals surface area contributed by atoms with Crippen molar-refractivity contribution in [1.29, 1.82) is 0 Å². The van der Waals surface area contributed by atoms with Gasteiger partial charge in [0.25, 0.3) is 0 Å². The molecule has 0 fully saturated rings. The van der Waals surface area contributed by atoms with Gasteiger partial charge in [-0.15, -0.1) is 0 Å². The minimum Gasteiger partial charge on any atom is -0.454 e. The predicted octanol–water partition coefficient (Wildman–Crippen LogP) is 4.77. The number of anilines is 1. The third-order valence-electron chi connectivity index (χ3n) is 5.75. The van der Waals surface area contributed by atoms with Crippen LogP contribution in [0.5, 0.6) is 11.5 Å². The highest BCUT2D eigenvalue weighted by Gasteiger charge is 2.22. The maximum absolute atomic E-state index is 15.2. The van der Waals surface area contributed by atoms with E-state index >= 15 is 4.39 Å². The molecule has 0 aliphatic carbocycles. The Morgan fingerprint density at radius 1 is 1.16 bits per heavy atom. The van der Waals surface area contributed by atoms with E-state index in [9.17, 15) is 18.0 Å². The second-order valence-corrected chi connectivity index (χ2v) is 8.20. The van der Waals surface area contributed by atoms with Gasteiger partial charge in [0.1, 0.15) is 35.2 Å². The first kappa shape index (κ1) is 25.6. The largest absolute Gasteiger partial charge is 0.454 e. The maximum Gasteiger partial charge on any atom is 0.245 e. The lowest BCUT2D eigenvalue weighted by Gasteiger charge is -2.14. The summed E-state index contributed by atoms with van der Waals surface area (Å²) in [5.74, 6) is -5.64. The molecule has 2 aromatic heterocycles. The van der Waals surface area contributed by atoms with E-state index in [1.165, 1.54) is 41.0 Å². The Kier molecular flexibility index (Phi) is 7.09. The van der Waals surface area contributed by atoms with Crippen molar-refractivity contribution in [3.63, 3.8) is 0 Å². The van der Waals surface area contributed by atoms with Crippen LogP contribution in [0.2, 0.25) is 0 Å². The molecule has 0 radical (unpaired) electrons. The van der Waals surface area contributed by atoms with E-state index in [1.807, 2.05) is 0 Å². The number of carbonyl (C=O) groups excluding carboxylic acids is 1. The molecule has 12 heteroatoms. The highest BCUT2D eigenvalue weighted by molar-refractivity contribution is 5.98. The Labute approximate surface area is 209 Å². The van der Waals surface area contributed by atoms with Crippen LogP contribution in [0.1, 0.15) is 12.0 Å². The first-order chi connectivity index (χ1) is 17.6. The quantitative estimate of drug-likeness (QED) is 0.207. The lowest BCUT2D eigenvalue weighted by Crippen LogP contribution is -2.26. The molecule has 0 aliphatic heterocycles. The fourth-order valence-corrected chi connectivity index (χ4v) is 3.75. The van der Waals surface area contributed by atoms with Gasteiger partial charge in [-0.3, -0.25) is 4.79 Å². The van der Waals surface area contributed by atoms with Crippen LogP contribution < -0.4 is 10.5 Å². The predicted molar refractivity (Wildman–Crippen MR) is 129 cm³/mol. The molecule has 0 aliphatic rings. The molecule has 2 aromatic carbocycles. The summed E-state index contributed by atoms with van der Waals surface area (Å²) in [6.45, 7) is 5.42. The minimum absolute atomic E-state index is 0.0270. The number of halogens is 4. The Bertz CT molecular complexity index is 1500. The van der Waals surface area contributed by atoms with E-state index in [2.05, 4.69) is 21.6 Å². The molecule has 0 atom stereocenters. The number of nitrogen functional groups attached to an aromatic ring is 1. The molecule has 1 amide bonds. The van der Waals surface area contributed by atoms with E-state index < -0.39 is 29.0 Å². The third-order valence-corrected chi connectivity index (χ3v) is 5.75. The Morgan fingerprint density at radius 2 is 1.92 bits per heavy atom. The smallest absolute Gasteiger partial charge is 0.245 e. The maximum atomic E-state index is 15.2. The van der Waals surface area contributed by atoms with Crippen molar-refractivity contribution in [3.05, 3.63) is 72.1 Å². The average Bonchev–Trinajstić information content (AvgIpc) is 3.24. The Morgan fingerprint density at radius 3 is 2.62 bits per heavy atom. The number of likely N-dealkylation sites (N-methyl/N-ethyl adjacent to an activating group) is 1. The highest BCUT2D eigenvalue weighted by atomic mass is 19.2. The van der Waals surface area contributed by atoms with Crippen molar-refractivity contribution >= 4 is 22.8 Å². The number of aryl methyl sites for hydroxylation is 1. The standard InChI is InChI=1S/C25H22F4N6O2/c1-4-19(36)34(3)8-5-9-35-25-20(24(30)31-12-32-25)22(33-35)15-7-6-14(10-17(15)27)37-23-13(2)16(26)11-18(28)21(23)29/h4,6-7,10-12H,1,5,8-9H2,2-3H3,(H2,30,31,32). The van der Waals surface area contributed by atoms with Crippen LogP contribution in [0.3, 0.4) is 0 Å². The first-order valence-corrected chi connectivity index (χ1v) is 11.1. The second kappa shape index (κ2) is 10.2. The summed E-state index contributed by atoms with van der Waals surface area (Å²) in [6, 6.07) is 3.98. The van der Waals surface area contributed by atoms with Gasteiger partial charge in [-0.05, 0) is 31.6 Å². The van der Waals surface area contributed by atoms with Gasteiger partial charge in [0.15, 0.2) is 17.2 Å². The van der Waals surface area contributed by atoms with Crippen LogP contribution >= 0.6 is 0 Å². The number of benzene rings is 2. The Hall–Kier alpha value is -4.48. The van der Waals surface area contributed by atoms with Crippen molar-refractivity contribution in [1.82, 2.24) is 24.6 Å². The highest BCUT2D eigenvalue weighted by Crippen LogP contribution is 2.36. The summed E-state index contributed by atoms with van der Waals surface area (Å²) in [5.41, 5.74) is 6.35. The van der Waals surface area contributed by atoms with Crippen molar-refractivity contribution in [2.24, 2.45) is 0 Å². The van der Waals surface area contributed by atoms with Crippen molar-refractivity contribution in [3.8, 4) is 22.8 Å². The zero-order chi connectivity index (χ0) is 26.9. The summed E-state index contributed by atoms with van der Waals surface area (Å²) >= 11 is 0. The second-order valence-electron chi connectivity index (χ2n) is 8.20. The SMILES string of the molecule is C=CC(=O)N(C)CCCn1nc(-c2ccc(Oc3c(C)c(F)cc(F)c3F)cc2F)c2c(N)ncnc21. The van der Waals surface area contributed by atoms with Crippen molar-refractivity contribution in [2.45, 2.75) is 19.9 Å². The number of fused-ring (bicyclic) bond motifs is 1. The summed E-state index contributed by atoms with van der Waals surface area (Å²) in [7, 11) is 1.64. The van der Waals surface area contributed by atoms with Crippen LogP contribution in [0.25, 0.3) is 22.3 Å². The lowest BCUT2D eigenvalue weighted by atomic mass is 10.1. The van der Waals surface area contributed by atoms with Gasteiger partial charge in [-0.25, -0.2) is 27.8 Å². The van der Waals surface area contributed by atoms with Crippen molar-refractivity contribution in [2.75, 3.05) is 19.3 Å². The number of hydrogen-bond donors (Lipinski definition) is 1. The summed E-state index contributed by atoms with van der Waals surface area (Å²) in [6.07, 6.45) is 2.99. The first-order valence-electron chi connectivity index (χ1n) is 11.1. The van der Waals surface area contributed by atoms with E-state index in [4.69, 9.17) is 10.5 Å². The number of nitrogens with zero attached hydrogens (tertiary/aromatic N) is 5. The van der Waals surface area contributed by atoms with E-state index in [0.717, 1.165) is 6.07 Å². The molecule has 0 saturated heterocycles. The topological polar surface area (TPSA) is 99.2 Å². The molecule has 8 nitrogen and oxygen atoms in total. The van der Waals surface area contributed by atoms with Crippen LogP contribution in [0, 0.1) is 30.2 Å². The van der Waals surface area contributed by atoms with E-state index in [-0.39, 0.29) is 34.3 Å². The summed E-state index contributed by atoms with van der Waals surface area (Å²) in [4.78, 5) is 21.4. The normalized spacial score (nSPS) is 11.1. The monoisotopic (exact) mass is 514 g/mol. The molecule has 2 N–H and O–H groups in total. The molecule has 192 valence electrons. The molecule has 2 heterocycles. The van der Waals surface area contributed by atoms with Gasteiger partial charge in [-0.2, -0.15) is 9.49 Å². The number of carbonyl (C=O) groups is 1. The zero-order valence-corrected chi connectivity index (χ0v) is 19.9. The molecular weight excluding hydrogens is 492 g/mol. The van der Waals surface area contributed by atoms with Gasteiger partial charge < -0.3 is 15.4 Å². The molecule has 37 heavy (non-hydrogen) atoms. The number of hydrogen-bond acceptors (Lipinski definition) is 6. The van der Waals surface area contributed by atoms with Crippen LogP contribution in [-0.4, -0.2) is 44.1 Å². The Balaban J connectivity index is 1.67. The fraction of sp³-hybridized carbons (Fsp3) is 0.200. The molecule has 0 unspecified atom stereocenters. The van der Waals surface area contributed by atoms with E-state index in [0.29, 0.717) is 36.6 Å². The van der Waals surface area contributed by atoms with Gasteiger partial charge in [0, 0.05) is 43.4 Å². The van der Waals surface area contributed by atoms with Gasteiger partial charge in [0.05, 0.1) is 5.39 Å². The number of aromatic nitrogens is 4. The molecule has 4 rings (SSSR count). The van der Waals surface area contributed by atoms with E-state index in [1.54, 1.807) is 7.05 Å². The van der Waals surface area contributed by atoms with Crippen molar-refractivity contribution < 1.29 is 27.1 Å². The minimum atomic E-state index is -1.43. The number of amides is 1. The molecule has 0 saturated carbocycles. The molecule has 0 bridgehead atoms. The number of nitrogens with two attached hydrogens (primary N) is 1. The third kappa shape index (κ3) is 4.95. The number of rotatable bonds is 8. The summed E-state index contributed by atoms with van der Waals surface area (Å²) in [5, 5.41) is 4.80. The molecular formula is C25H22F4N6O2. The molecule has 4 aromatic rings. The van der Waals surface area contributed by atoms with Crippen LogP contribution in [0.4, 0.5) is 23.4 Å². The summed E-state index contributed by atoms with van der Waals surface area (Å²) < 4.78 is 63.7. The van der Waals surface area contributed by atoms with Gasteiger partial charge in [0.2, 0.25) is 11.7 Å². The van der Waals surface area contributed by atoms with Crippen LogP contribution in [-0.2, 0) is 11.3 Å². The van der Waals surface area contributed by atoms with Gasteiger partial charge >= 0.3 is 0 Å². The average molecular weight is 514 g/mol. The van der Waals surface area contributed by atoms with Crippen LogP contribution in [0.15, 0.2) is 43.2 Å². The zero-order valence-electron chi connectivity index (χ0n) is 19.9. The number of ether oxygens (including phenoxy) is 1.